The number of aliphatic hydroxyl groups excluding tert-OH is 2. The van der Waals surface area contributed by atoms with Gasteiger partial charge < -0.3 is 19.7 Å². The van der Waals surface area contributed by atoms with E-state index in [4.69, 9.17) is 9.47 Å². The Kier molecular flexibility index (Phi) is 14.8. The van der Waals surface area contributed by atoms with Crippen LogP contribution in [0, 0.1) is 11.8 Å². The van der Waals surface area contributed by atoms with E-state index in [0.717, 1.165) is 18.4 Å². The van der Waals surface area contributed by atoms with Crippen LogP contribution in [0.1, 0.15) is 47.0 Å². The van der Waals surface area contributed by atoms with Gasteiger partial charge in [0.2, 0.25) is 0 Å². The van der Waals surface area contributed by atoms with Crippen LogP contribution in [0.25, 0.3) is 0 Å². The van der Waals surface area contributed by atoms with Crippen molar-refractivity contribution in [1.29, 1.82) is 0 Å². The van der Waals surface area contributed by atoms with Crippen LogP contribution in [0.5, 0.6) is 0 Å². The molecule has 0 aliphatic carbocycles. The van der Waals surface area contributed by atoms with Gasteiger partial charge in [0.15, 0.2) is 0 Å². The minimum atomic E-state index is -1.06. The minimum absolute atomic E-state index is 0.223. The first kappa shape index (κ1) is 29.6. The standard InChI is InChI=1S/C29H42O5/c1-6-7-17-25-18-9-8-10-19-26(33-5)29(32)28(31)24(4)16-12-15-22(2)13-11-14-23(3)20-21-27(30)34-25/h7-14,16-17,19-22,24-26,28-29,31-32H,6,15,18H2,1-5H3/b9-8+,13-11+,16-12+,17-7+,19-10+,21-20+,23-14-/t22-,24-,25-,26-,28-,29+/m0/s1. The SMILES string of the molecule is CC/C=C/[C@H]1C/C=C/C=C/[C@H](OC)[C@@H](O)[C@@H](O)[C@@H](C)/C=C/C[C@@H](C)/C=C/C=C(C)\C=C\C(=O)O1. The molecular weight excluding hydrogens is 428 g/mol. The van der Waals surface area contributed by atoms with E-state index in [0.29, 0.717) is 12.3 Å². The number of methoxy groups -OCH3 is 1. The smallest absolute Gasteiger partial charge is 0.331 e. The fourth-order valence-electron chi connectivity index (χ4n) is 3.30. The summed E-state index contributed by atoms with van der Waals surface area (Å²) < 4.78 is 11.0. The quantitative estimate of drug-likeness (QED) is 0.427. The van der Waals surface area contributed by atoms with Crippen molar-refractivity contribution in [3.63, 3.8) is 0 Å². The van der Waals surface area contributed by atoms with Crippen molar-refractivity contribution in [3.8, 4) is 0 Å². The molecule has 5 nitrogen and oxygen atoms in total. The zero-order chi connectivity index (χ0) is 25.3. The number of allylic oxidation sites excluding steroid dienone is 9. The third-order valence-corrected chi connectivity index (χ3v) is 5.50. The van der Waals surface area contributed by atoms with Crippen LogP contribution in [-0.4, -0.2) is 47.7 Å². The van der Waals surface area contributed by atoms with E-state index in [2.05, 4.69) is 13.0 Å². The van der Waals surface area contributed by atoms with Gasteiger partial charge in [-0.05, 0) is 31.8 Å². The van der Waals surface area contributed by atoms with E-state index in [1.807, 2.05) is 69.4 Å². The minimum Gasteiger partial charge on any atom is -0.455 e. The number of hydrogen-bond donors (Lipinski definition) is 2. The summed E-state index contributed by atoms with van der Waals surface area (Å²) in [7, 11) is 1.50. The zero-order valence-electron chi connectivity index (χ0n) is 21.2. The normalized spacial score (nSPS) is 36.8. The first-order valence-corrected chi connectivity index (χ1v) is 12.1. The molecule has 1 rings (SSSR count). The molecule has 0 spiro atoms. The second-order valence-electron chi connectivity index (χ2n) is 8.67. The average molecular weight is 471 g/mol. The van der Waals surface area contributed by atoms with Crippen LogP contribution in [0.4, 0.5) is 0 Å². The molecule has 34 heavy (non-hydrogen) atoms. The number of ether oxygens (including phenoxy) is 2. The van der Waals surface area contributed by atoms with Crippen LogP contribution in [0.3, 0.4) is 0 Å². The monoisotopic (exact) mass is 470 g/mol. The maximum atomic E-state index is 12.3. The lowest BCUT2D eigenvalue weighted by atomic mass is 9.94. The largest absolute Gasteiger partial charge is 0.455 e. The molecule has 0 saturated carbocycles. The number of aliphatic hydroxyl groups is 2. The van der Waals surface area contributed by atoms with Gasteiger partial charge in [-0.2, -0.15) is 0 Å². The lowest BCUT2D eigenvalue weighted by Gasteiger charge is -2.26. The molecule has 2 N–H and O–H groups in total. The van der Waals surface area contributed by atoms with Gasteiger partial charge in [0.05, 0.1) is 6.10 Å². The molecule has 0 saturated heterocycles. The number of rotatable bonds is 3. The Hall–Kier alpha value is -2.47. The number of carbonyl (C=O) groups excluding carboxylic acids is 1. The van der Waals surface area contributed by atoms with Crippen LogP contribution >= 0.6 is 0 Å². The highest BCUT2D eigenvalue weighted by atomic mass is 16.5. The zero-order valence-corrected chi connectivity index (χ0v) is 21.2. The van der Waals surface area contributed by atoms with Gasteiger partial charge in [-0.3, -0.25) is 0 Å². The van der Waals surface area contributed by atoms with Crippen molar-refractivity contribution in [1.82, 2.24) is 0 Å². The molecule has 188 valence electrons. The highest BCUT2D eigenvalue weighted by molar-refractivity contribution is 5.82. The van der Waals surface area contributed by atoms with E-state index < -0.39 is 24.3 Å². The number of carbonyl (C=O) groups is 1. The second kappa shape index (κ2) is 17.0. The Labute approximate surface area is 205 Å². The summed E-state index contributed by atoms with van der Waals surface area (Å²) in [6.07, 6.45) is 23.3. The molecule has 5 heteroatoms. The molecule has 0 aromatic heterocycles. The Morgan fingerprint density at radius 2 is 1.79 bits per heavy atom. The molecule has 0 aromatic carbocycles. The molecule has 0 unspecified atom stereocenters. The van der Waals surface area contributed by atoms with Crippen molar-refractivity contribution < 1.29 is 24.5 Å². The van der Waals surface area contributed by atoms with Gasteiger partial charge >= 0.3 is 5.97 Å². The van der Waals surface area contributed by atoms with Gasteiger partial charge in [0.1, 0.15) is 18.3 Å². The summed E-state index contributed by atoms with van der Waals surface area (Å²) in [5.41, 5.74) is 0.946. The molecular formula is C29H42O5. The third kappa shape index (κ3) is 12.1. The maximum absolute atomic E-state index is 12.3. The van der Waals surface area contributed by atoms with Crippen LogP contribution in [0.2, 0.25) is 0 Å². The molecule has 6 atom stereocenters. The van der Waals surface area contributed by atoms with Crippen molar-refractivity contribution >= 4 is 5.97 Å². The summed E-state index contributed by atoms with van der Waals surface area (Å²) in [6, 6.07) is 0. The fraction of sp³-hybridized carbons (Fsp3) is 0.483. The predicted octanol–water partition coefficient (Wildman–Crippen LogP) is 5.39. The Balaban J connectivity index is 3.12. The van der Waals surface area contributed by atoms with E-state index in [1.165, 1.54) is 13.2 Å². The van der Waals surface area contributed by atoms with E-state index in [1.54, 1.807) is 18.2 Å². The topological polar surface area (TPSA) is 76.0 Å². The summed E-state index contributed by atoms with van der Waals surface area (Å²) >= 11 is 0. The first-order valence-electron chi connectivity index (χ1n) is 12.1. The summed E-state index contributed by atoms with van der Waals surface area (Å²) in [6.45, 7) is 7.94. The highest BCUT2D eigenvalue weighted by Gasteiger charge is 2.27. The van der Waals surface area contributed by atoms with E-state index >= 15 is 0 Å². The van der Waals surface area contributed by atoms with E-state index in [9.17, 15) is 15.0 Å². The van der Waals surface area contributed by atoms with Crippen LogP contribution in [0.15, 0.2) is 84.6 Å². The number of cyclic esters (lactones) is 1. The molecule has 0 fully saturated rings. The summed E-state index contributed by atoms with van der Waals surface area (Å²) in [5, 5.41) is 21.2. The molecule has 0 aromatic rings. The van der Waals surface area contributed by atoms with Gasteiger partial charge in [0, 0.05) is 25.5 Å². The first-order chi connectivity index (χ1) is 16.3. The van der Waals surface area contributed by atoms with Gasteiger partial charge in [-0.25, -0.2) is 4.79 Å². The summed E-state index contributed by atoms with van der Waals surface area (Å²) in [4.78, 5) is 12.3. The Morgan fingerprint density at radius 3 is 2.50 bits per heavy atom. The molecule has 0 amide bonds. The van der Waals surface area contributed by atoms with Crippen molar-refractivity contribution in [2.45, 2.75) is 71.4 Å². The van der Waals surface area contributed by atoms with Gasteiger partial charge in [0.25, 0.3) is 0 Å². The van der Waals surface area contributed by atoms with Crippen LogP contribution in [-0.2, 0) is 14.3 Å². The molecule has 1 aliphatic heterocycles. The van der Waals surface area contributed by atoms with Gasteiger partial charge in [-0.1, -0.05) is 93.2 Å². The predicted molar refractivity (Wildman–Crippen MR) is 139 cm³/mol. The molecule has 0 bridgehead atoms. The average Bonchev–Trinajstić information content (AvgIpc) is 2.81. The molecule has 0 radical (unpaired) electrons. The highest BCUT2D eigenvalue weighted by Crippen LogP contribution is 2.16. The molecule has 1 aliphatic rings. The lowest BCUT2D eigenvalue weighted by molar-refractivity contribution is -0.140. The van der Waals surface area contributed by atoms with Crippen molar-refractivity contribution in [2.75, 3.05) is 7.11 Å². The maximum Gasteiger partial charge on any atom is 0.331 e. The third-order valence-electron chi connectivity index (χ3n) is 5.50. The van der Waals surface area contributed by atoms with Crippen LogP contribution < -0.4 is 0 Å². The molecule has 1 heterocycles. The lowest BCUT2D eigenvalue weighted by Crippen LogP contribution is -2.40. The van der Waals surface area contributed by atoms with Gasteiger partial charge in [-0.15, -0.1) is 0 Å². The number of esters is 1. The van der Waals surface area contributed by atoms with E-state index in [-0.39, 0.29) is 12.0 Å². The number of hydrogen-bond acceptors (Lipinski definition) is 5. The summed E-state index contributed by atoms with van der Waals surface area (Å²) in [5.74, 6) is -0.314. The second-order valence-corrected chi connectivity index (χ2v) is 8.67. The van der Waals surface area contributed by atoms with Crippen molar-refractivity contribution in [3.05, 3.63) is 84.6 Å². The fourth-order valence-corrected chi connectivity index (χ4v) is 3.30. The Bertz CT molecular complexity index is 799. The Morgan fingerprint density at radius 1 is 1.03 bits per heavy atom. The van der Waals surface area contributed by atoms with Crippen molar-refractivity contribution in [2.24, 2.45) is 11.8 Å².